The molecule has 0 spiro atoms. The molecular weight excluding hydrogens is 260 g/mol. The highest BCUT2D eigenvalue weighted by Crippen LogP contribution is 2.25. The maximum absolute atomic E-state index is 5.86. The van der Waals surface area contributed by atoms with Crippen LogP contribution in [0.5, 0.6) is 0 Å². The second-order valence-electron chi connectivity index (χ2n) is 4.92. The van der Waals surface area contributed by atoms with E-state index in [1.807, 2.05) is 13.8 Å². The van der Waals surface area contributed by atoms with Gasteiger partial charge in [-0.25, -0.2) is 0 Å². The summed E-state index contributed by atoms with van der Waals surface area (Å²) >= 11 is 5.18. The Morgan fingerprint density at radius 1 is 1.42 bits per heavy atom. The van der Waals surface area contributed by atoms with Crippen molar-refractivity contribution in [3.8, 4) is 0 Å². The highest BCUT2D eigenvalue weighted by Gasteiger charge is 2.25. The summed E-state index contributed by atoms with van der Waals surface area (Å²) in [6.07, 6.45) is 2.38. The zero-order valence-electron chi connectivity index (χ0n) is 11.6. The molecule has 0 radical (unpaired) electrons. The minimum Gasteiger partial charge on any atom is -0.389 e. The number of anilines is 1. The van der Waals surface area contributed by atoms with Crippen LogP contribution < -0.4 is 10.6 Å². The first kappa shape index (κ1) is 14.1. The molecule has 2 heterocycles. The van der Waals surface area contributed by atoms with Gasteiger partial charge < -0.3 is 15.4 Å². The standard InChI is InChI=1S/C13H20N4OS/c1-8-9(2)15-16-13(11(8)12(14)19)17-6-4-5-10(7-17)18-3/h10H,4-7H2,1-3H3,(H2,14,19). The molecule has 1 unspecified atom stereocenters. The number of nitrogens with two attached hydrogens (primary N) is 1. The van der Waals surface area contributed by atoms with Gasteiger partial charge in [-0.1, -0.05) is 12.2 Å². The quantitative estimate of drug-likeness (QED) is 0.843. The van der Waals surface area contributed by atoms with Gasteiger partial charge >= 0.3 is 0 Å². The molecule has 1 fully saturated rings. The molecular formula is C13H20N4OS. The molecule has 1 aromatic rings. The number of hydrogen-bond donors (Lipinski definition) is 1. The molecule has 0 aliphatic carbocycles. The molecule has 5 nitrogen and oxygen atoms in total. The van der Waals surface area contributed by atoms with Crippen molar-refractivity contribution >= 4 is 23.0 Å². The van der Waals surface area contributed by atoms with Gasteiger partial charge in [0.1, 0.15) is 4.99 Å². The van der Waals surface area contributed by atoms with Gasteiger partial charge in [0, 0.05) is 20.2 Å². The number of ether oxygens (including phenoxy) is 1. The van der Waals surface area contributed by atoms with Crippen LogP contribution in [-0.4, -0.2) is 41.5 Å². The maximum Gasteiger partial charge on any atom is 0.161 e. The first-order valence-electron chi connectivity index (χ1n) is 6.46. The largest absolute Gasteiger partial charge is 0.389 e. The lowest BCUT2D eigenvalue weighted by atomic mass is 10.0. The van der Waals surface area contributed by atoms with Gasteiger partial charge in [0.2, 0.25) is 0 Å². The number of methoxy groups -OCH3 is 1. The van der Waals surface area contributed by atoms with E-state index in [1.54, 1.807) is 7.11 Å². The molecule has 0 bridgehead atoms. The number of hydrogen-bond acceptors (Lipinski definition) is 5. The molecule has 1 saturated heterocycles. The fraction of sp³-hybridized carbons (Fsp3) is 0.615. The summed E-state index contributed by atoms with van der Waals surface area (Å²) < 4.78 is 5.44. The van der Waals surface area contributed by atoms with Crippen molar-refractivity contribution in [1.82, 2.24) is 10.2 Å². The minimum absolute atomic E-state index is 0.233. The predicted molar refractivity (Wildman–Crippen MR) is 79.6 cm³/mol. The first-order valence-corrected chi connectivity index (χ1v) is 6.86. The van der Waals surface area contributed by atoms with E-state index in [0.29, 0.717) is 4.99 Å². The Kier molecular flexibility index (Phi) is 4.31. The Morgan fingerprint density at radius 2 is 2.16 bits per heavy atom. The van der Waals surface area contributed by atoms with Crippen molar-refractivity contribution in [3.05, 3.63) is 16.8 Å². The molecule has 0 amide bonds. The van der Waals surface area contributed by atoms with Gasteiger partial charge in [-0.2, -0.15) is 5.10 Å². The molecule has 0 aromatic carbocycles. The number of aromatic nitrogens is 2. The van der Waals surface area contributed by atoms with Gasteiger partial charge in [-0.3, -0.25) is 0 Å². The molecule has 0 saturated carbocycles. The molecule has 104 valence electrons. The van der Waals surface area contributed by atoms with Crippen LogP contribution in [0.2, 0.25) is 0 Å². The molecule has 2 N–H and O–H groups in total. The molecule has 1 atom stereocenters. The normalized spacial score (nSPS) is 19.5. The summed E-state index contributed by atoms with van der Waals surface area (Å²) in [4.78, 5) is 2.55. The lowest BCUT2D eigenvalue weighted by Gasteiger charge is -2.33. The third-order valence-corrected chi connectivity index (χ3v) is 3.90. The zero-order chi connectivity index (χ0) is 14.0. The molecule has 1 aliphatic rings. The van der Waals surface area contributed by atoms with Crippen molar-refractivity contribution in [1.29, 1.82) is 0 Å². The van der Waals surface area contributed by atoms with E-state index in [4.69, 9.17) is 22.7 Å². The summed E-state index contributed by atoms with van der Waals surface area (Å²) in [7, 11) is 1.74. The lowest BCUT2D eigenvalue weighted by Crippen LogP contribution is -2.41. The molecule has 6 heteroatoms. The number of aryl methyl sites for hydroxylation is 1. The monoisotopic (exact) mass is 280 g/mol. The van der Waals surface area contributed by atoms with Crippen molar-refractivity contribution in [3.63, 3.8) is 0 Å². The van der Waals surface area contributed by atoms with Crippen LogP contribution in [0.3, 0.4) is 0 Å². The van der Waals surface area contributed by atoms with Crippen molar-refractivity contribution < 1.29 is 4.74 Å². The molecule has 1 aromatic heterocycles. The fourth-order valence-corrected chi connectivity index (χ4v) is 2.68. The third-order valence-electron chi connectivity index (χ3n) is 3.69. The van der Waals surface area contributed by atoms with Gasteiger partial charge in [-0.05, 0) is 32.3 Å². The van der Waals surface area contributed by atoms with Crippen LogP contribution in [0.25, 0.3) is 0 Å². The second kappa shape index (κ2) is 5.79. The summed E-state index contributed by atoms with van der Waals surface area (Å²) in [6.45, 7) is 5.65. The van der Waals surface area contributed by atoms with Crippen molar-refractivity contribution in [2.75, 3.05) is 25.1 Å². The van der Waals surface area contributed by atoms with E-state index >= 15 is 0 Å². The van der Waals surface area contributed by atoms with Gasteiger partial charge in [0.25, 0.3) is 0 Å². The Hall–Kier alpha value is -1.27. The Bertz CT molecular complexity index is 492. The third kappa shape index (κ3) is 2.84. The van der Waals surface area contributed by atoms with E-state index in [0.717, 1.165) is 48.6 Å². The van der Waals surface area contributed by atoms with Crippen LogP contribution in [0.1, 0.15) is 29.7 Å². The van der Waals surface area contributed by atoms with Gasteiger partial charge in [0.05, 0.1) is 17.4 Å². The van der Waals surface area contributed by atoms with Crippen LogP contribution in [-0.2, 0) is 4.74 Å². The molecule has 1 aliphatic heterocycles. The zero-order valence-corrected chi connectivity index (χ0v) is 12.5. The summed E-state index contributed by atoms with van der Waals surface area (Å²) in [5.41, 5.74) is 8.59. The van der Waals surface area contributed by atoms with Crippen LogP contribution >= 0.6 is 12.2 Å². The fourth-order valence-electron chi connectivity index (χ4n) is 2.44. The number of nitrogens with zero attached hydrogens (tertiary/aromatic N) is 3. The van der Waals surface area contributed by atoms with Crippen LogP contribution in [0.15, 0.2) is 0 Å². The highest BCUT2D eigenvalue weighted by molar-refractivity contribution is 7.80. The summed E-state index contributed by atoms with van der Waals surface area (Å²) in [5, 5.41) is 8.51. The van der Waals surface area contributed by atoms with Crippen molar-refractivity contribution in [2.45, 2.75) is 32.8 Å². The van der Waals surface area contributed by atoms with E-state index in [9.17, 15) is 0 Å². The minimum atomic E-state index is 0.233. The second-order valence-corrected chi connectivity index (χ2v) is 5.36. The Labute approximate surface area is 119 Å². The average molecular weight is 280 g/mol. The Morgan fingerprint density at radius 3 is 2.79 bits per heavy atom. The molecule has 19 heavy (non-hydrogen) atoms. The summed E-state index contributed by atoms with van der Waals surface area (Å²) in [6, 6.07) is 0. The Balaban J connectivity index is 2.39. The van der Waals surface area contributed by atoms with E-state index < -0.39 is 0 Å². The van der Waals surface area contributed by atoms with Crippen LogP contribution in [0, 0.1) is 13.8 Å². The van der Waals surface area contributed by atoms with E-state index in [1.165, 1.54) is 0 Å². The number of thiocarbonyl (C=S) groups is 1. The van der Waals surface area contributed by atoms with Crippen LogP contribution in [0.4, 0.5) is 5.82 Å². The smallest absolute Gasteiger partial charge is 0.161 e. The van der Waals surface area contributed by atoms with E-state index in [-0.39, 0.29) is 6.10 Å². The lowest BCUT2D eigenvalue weighted by molar-refractivity contribution is 0.0891. The first-order chi connectivity index (χ1) is 9.04. The van der Waals surface area contributed by atoms with Crippen molar-refractivity contribution in [2.24, 2.45) is 5.73 Å². The van der Waals surface area contributed by atoms with Gasteiger partial charge in [-0.15, -0.1) is 5.10 Å². The number of rotatable bonds is 3. The van der Waals surface area contributed by atoms with Gasteiger partial charge in [0.15, 0.2) is 5.82 Å². The highest BCUT2D eigenvalue weighted by atomic mass is 32.1. The summed E-state index contributed by atoms with van der Waals surface area (Å²) in [5.74, 6) is 0.789. The SMILES string of the molecule is COC1CCCN(c2nnc(C)c(C)c2C(N)=S)C1. The van der Waals surface area contributed by atoms with E-state index in [2.05, 4.69) is 15.1 Å². The maximum atomic E-state index is 5.86. The topological polar surface area (TPSA) is 64.3 Å². The predicted octanol–water partition coefficient (Wildman–Crippen LogP) is 1.34. The number of piperidine rings is 1. The molecule has 2 rings (SSSR count). The average Bonchev–Trinajstić information content (AvgIpc) is 2.41.